The third-order valence-corrected chi connectivity index (χ3v) is 8.63. The first-order valence-corrected chi connectivity index (χ1v) is 12.1. The van der Waals surface area contributed by atoms with E-state index in [9.17, 15) is 43.9 Å². The van der Waals surface area contributed by atoms with Crippen LogP contribution in [0.1, 0.15) is 64.3 Å². The normalized spacial score (nSPS) is 17.9. The van der Waals surface area contributed by atoms with Crippen LogP contribution < -0.4 is 0 Å². The number of fused-ring (bicyclic) bond motifs is 1. The van der Waals surface area contributed by atoms with Crippen molar-refractivity contribution in [2.45, 2.75) is 76.6 Å². The molecule has 0 fully saturated rings. The van der Waals surface area contributed by atoms with Crippen molar-refractivity contribution in [2.75, 3.05) is 0 Å². The van der Waals surface area contributed by atoms with E-state index in [-0.39, 0.29) is 42.0 Å². The zero-order chi connectivity index (χ0) is 31.2. The van der Waals surface area contributed by atoms with E-state index in [0.29, 0.717) is 5.56 Å². The van der Waals surface area contributed by atoms with Gasteiger partial charge in [-0.1, -0.05) is 53.7 Å². The topological polar surface area (TPSA) is 51.6 Å². The number of rotatable bonds is 4. The largest absolute Gasteiger partial charge is 0.461 e. The number of pyridine rings is 1. The van der Waals surface area contributed by atoms with E-state index in [1.54, 1.807) is 0 Å². The summed E-state index contributed by atoms with van der Waals surface area (Å²) >= 11 is 0. The van der Waals surface area contributed by atoms with Crippen molar-refractivity contribution in [1.29, 1.82) is 0 Å². The molecule has 4 rings (SSSR count). The molecule has 1 aliphatic carbocycles. The summed E-state index contributed by atoms with van der Waals surface area (Å²) in [6, 6.07) is 9.10. The Bertz CT molecular complexity index is 1450. The molecule has 3 aromatic rings. The number of hydrogen-bond acceptors (Lipinski definition) is 4. The summed E-state index contributed by atoms with van der Waals surface area (Å²) in [5.41, 5.74) is 1.64. The first kappa shape index (κ1) is 33.8. The molecule has 0 N–H and O–H groups in total. The molecule has 2 aromatic heterocycles. The molecule has 0 unspecified atom stereocenters. The third kappa shape index (κ3) is 4.89. The Morgan fingerprint density at radius 2 is 1.14 bits per heavy atom. The molecule has 0 atom stereocenters. The van der Waals surface area contributed by atoms with Gasteiger partial charge in [-0.2, -0.15) is 43.9 Å². The zero-order valence-electron chi connectivity index (χ0n) is 22.8. The summed E-state index contributed by atoms with van der Waals surface area (Å²) in [6.07, 6.45) is -11.9. The van der Waals surface area contributed by atoms with Crippen LogP contribution in [0.3, 0.4) is 0 Å². The minimum Gasteiger partial charge on any atom is -0.304 e. The predicted molar refractivity (Wildman–Crippen MR) is 127 cm³/mol. The molecule has 0 spiro atoms. The molecule has 0 saturated carbocycles. The minimum absolute atomic E-state index is 0. The number of halogens is 10. The third-order valence-electron chi connectivity index (χ3n) is 8.63. The summed E-state index contributed by atoms with van der Waals surface area (Å²) in [4.78, 5) is 12.1. The Hall–Kier alpha value is -2.67. The van der Waals surface area contributed by atoms with E-state index in [1.165, 1.54) is 6.07 Å². The van der Waals surface area contributed by atoms with E-state index in [0.717, 1.165) is 23.4 Å². The van der Waals surface area contributed by atoms with Crippen LogP contribution in [0.15, 0.2) is 30.5 Å². The fraction of sp³-hybridized carbons (Fsp3) is 0.481. The van der Waals surface area contributed by atoms with Crippen molar-refractivity contribution in [3.8, 4) is 22.6 Å². The number of benzene rings is 1. The van der Waals surface area contributed by atoms with E-state index >= 15 is 0 Å². The predicted octanol–water partition coefficient (Wildman–Crippen LogP) is 8.30. The number of hydrogen-bond donors (Lipinski definition) is 0. The zero-order valence-corrected chi connectivity index (χ0v) is 25.2. The molecular formula is C27H23F10IrN4-. The molecule has 4 nitrogen and oxygen atoms in total. The molecule has 0 saturated heterocycles. The van der Waals surface area contributed by atoms with Crippen LogP contribution >= 0.6 is 0 Å². The van der Waals surface area contributed by atoms with Crippen molar-refractivity contribution in [3.05, 3.63) is 59.3 Å². The van der Waals surface area contributed by atoms with Crippen molar-refractivity contribution in [3.63, 3.8) is 0 Å². The fourth-order valence-electron chi connectivity index (χ4n) is 4.85. The van der Waals surface area contributed by atoms with Crippen LogP contribution in [0, 0.1) is 11.5 Å². The van der Waals surface area contributed by atoms with Gasteiger partial charge in [-0.25, -0.2) is 15.0 Å². The van der Waals surface area contributed by atoms with Crippen molar-refractivity contribution >= 4 is 0 Å². The summed E-state index contributed by atoms with van der Waals surface area (Å²) in [6.45, 7) is 12.7. The van der Waals surface area contributed by atoms with Crippen LogP contribution in [-0.4, -0.2) is 32.3 Å². The summed E-state index contributed by atoms with van der Waals surface area (Å²) in [5, 5.41) is 0. The SMILES string of the molecule is CC1(C)c2c[c-]c(-c3ccc(-c4nc(C(F)(F)C(F)(F)F)nc(C(F)(F)C(F)(F)F)n4)cn3)cc2C(C)(C)C1(C)C.[Ir]. The van der Waals surface area contributed by atoms with Gasteiger partial charge in [0, 0.05) is 31.9 Å². The smallest absolute Gasteiger partial charge is 0.304 e. The van der Waals surface area contributed by atoms with Crippen LogP contribution in [0.4, 0.5) is 43.9 Å². The van der Waals surface area contributed by atoms with Gasteiger partial charge >= 0.3 is 24.2 Å². The Morgan fingerprint density at radius 1 is 0.667 bits per heavy atom. The average molecular weight is 786 g/mol. The summed E-state index contributed by atoms with van der Waals surface area (Å²) in [5.74, 6) is -18.4. The van der Waals surface area contributed by atoms with Crippen LogP contribution in [0.25, 0.3) is 22.6 Å². The first-order chi connectivity index (χ1) is 18.4. The van der Waals surface area contributed by atoms with E-state index < -0.39 is 47.2 Å². The van der Waals surface area contributed by atoms with Gasteiger partial charge in [0.2, 0.25) is 11.6 Å². The Morgan fingerprint density at radius 3 is 1.57 bits per heavy atom. The molecule has 1 aromatic carbocycles. The van der Waals surface area contributed by atoms with Gasteiger partial charge in [0.1, 0.15) is 0 Å². The summed E-state index contributed by atoms with van der Waals surface area (Å²) in [7, 11) is 0. The van der Waals surface area contributed by atoms with Gasteiger partial charge in [0.15, 0.2) is 5.82 Å². The van der Waals surface area contributed by atoms with Gasteiger partial charge < -0.3 is 4.98 Å². The monoisotopic (exact) mass is 786 g/mol. The first-order valence-electron chi connectivity index (χ1n) is 12.1. The summed E-state index contributed by atoms with van der Waals surface area (Å²) < 4.78 is 133. The van der Waals surface area contributed by atoms with Crippen LogP contribution in [-0.2, 0) is 42.8 Å². The Kier molecular flexibility index (Phi) is 8.00. The molecular weight excluding hydrogens is 763 g/mol. The minimum atomic E-state index is -6.39. The molecule has 1 radical (unpaired) electrons. The Labute approximate surface area is 247 Å². The molecule has 42 heavy (non-hydrogen) atoms. The molecule has 1 aliphatic rings. The maximum Gasteiger partial charge on any atom is 0.461 e. The molecule has 231 valence electrons. The number of alkyl halides is 10. The quantitative estimate of drug-likeness (QED) is 0.198. The molecule has 0 amide bonds. The number of aromatic nitrogens is 4. The maximum atomic E-state index is 14.0. The second kappa shape index (κ2) is 9.93. The van der Waals surface area contributed by atoms with E-state index in [2.05, 4.69) is 67.5 Å². The van der Waals surface area contributed by atoms with Gasteiger partial charge in [0.25, 0.3) is 0 Å². The second-order valence-electron chi connectivity index (χ2n) is 11.4. The molecule has 2 heterocycles. The molecule has 0 bridgehead atoms. The van der Waals surface area contributed by atoms with Gasteiger partial charge in [-0.3, -0.25) is 0 Å². The Balaban J connectivity index is 0.00000484. The molecule has 0 aliphatic heterocycles. The van der Waals surface area contributed by atoms with E-state index in [4.69, 9.17) is 0 Å². The van der Waals surface area contributed by atoms with Crippen molar-refractivity contribution in [1.82, 2.24) is 19.9 Å². The van der Waals surface area contributed by atoms with Gasteiger partial charge in [-0.15, -0.1) is 34.9 Å². The average Bonchev–Trinajstić information content (AvgIpc) is 2.96. The standard InChI is InChI=1S/C27H23F10N4.Ir/c1-21(2)15-9-7-13(11-16(15)22(3,4)23(21,5)6)17-10-8-14(12-38-17)18-39-19(24(28,29)26(32,33)34)41-20(40-18)25(30,31)27(35,36)37;/h8-12H,1-6H3;/q-1;. The maximum absolute atomic E-state index is 14.0. The molecule has 15 heteroatoms. The van der Waals surface area contributed by atoms with Gasteiger partial charge in [0.05, 0.1) is 0 Å². The van der Waals surface area contributed by atoms with E-state index in [1.807, 2.05) is 12.1 Å². The van der Waals surface area contributed by atoms with Crippen LogP contribution in [0.2, 0.25) is 0 Å². The second-order valence-corrected chi connectivity index (χ2v) is 11.4. The van der Waals surface area contributed by atoms with Crippen molar-refractivity contribution < 1.29 is 64.0 Å². The number of nitrogens with zero attached hydrogens (tertiary/aromatic N) is 4. The van der Waals surface area contributed by atoms with Crippen molar-refractivity contribution in [2.24, 2.45) is 5.41 Å². The van der Waals surface area contributed by atoms with Gasteiger partial charge in [-0.05, 0) is 21.9 Å². The van der Waals surface area contributed by atoms with Crippen LogP contribution in [0.5, 0.6) is 0 Å². The fourth-order valence-corrected chi connectivity index (χ4v) is 4.85.